The number of alkyl halides is 1. The molecule has 104 valence electrons. The number of halogens is 1. The Bertz CT molecular complexity index is 430. The molecule has 4 heteroatoms. The predicted octanol–water partition coefficient (Wildman–Crippen LogP) is 3.38. The summed E-state index contributed by atoms with van der Waals surface area (Å²) in [6, 6.07) is 7.52. The SMILES string of the molecule is CCCOc1cccc(C(Cl)C(=O)N2CCCC2)c1. The quantitative estimate of drug-likeness (QED) is 0.775. The molecule has 1 heterocycles. The van der Waals surface area contributed by atoms with Gasteiger partial charge in [-0.15, -0.1) is 11.6 Å². The van der Waals surface area contributed by atoms with Crippen LogP contribution >= 0.6 is 11.6 Å². The Hall–Kier alpha value is -1.22. The first kappa shape index (κ1) is 14.2. The van der Waals surface area contributed by atoms with Crippen molar-refractivity contribution in [3.63, 3.8) is 0 Å². The van der Waals surface area contributed by atoms with E-state index in [4.69, 9.17) is 16.3 Å². The molecule has 1 atom stereocenters. The molecule has 0 aliphatic carbocycles. The molecule has 0 spiro atoms. The number of hydrogen-bond acceptors (Lipinski definition) is 2. The molecule has 1 aliphatic rings. The molecular weight excluding hydrogens is 262 g/mol. The molecule has 1 saturated heterocycles. The third-order valence-corrected chi connectivity index (χ3v) is 3.70. The lowest BCUT2D eigenvalue weighted by atomic mass is 10.1. The lowest BCUT2D eigenvalue weighted by molar-refractivity contribution is -0.129. The van der Waals surface area contributed by atoms with E-state index in [0.717, 1.165) is 43.7 Å². The molecule has 19 heavy (non-hydrogen) atoms. The molecular formula is C15H20ClNO2. The Morgan fingerprint density at radius 2 is 2.16 bits per heavy atom. The summed E-state index contributed by atoms with van der Waals surface area (Å²) in [6.45, 7) is 4.39. The Balaban J connectivity index is 2.05. The topological polar surface area (TPSA) is 29.5 Å². The van der Waals surface area contributed by atoms with E-state index in [2.05, 4.69) is 6.92 Å². The summed E-state index contributed by atoms with van der Waals surface area (Å²) < 4.78 is 5.57. The Morgan fingerprint density at radius 3 is 2.84 bits per heavy atom. The average Bonchev–Trinajstić information content (AvgIpc) is 2.98. The van der Waals surface area contributed by atoms with E-state index in [1.165, 1.54) is 0 Å². The van der Waals surface area contributed by atoms with Gasteiger partial charge in [0, 0.05) is 13.1 Å². The van der Waals surface area contributed by atoms with Gasteiger partial charge < -0.3 is 9.64 Å². The summed E-state index contributed by atoms with van der Waals surface area (Å²) in [6.07, 6.45) is 3.12. The third kappa shape index (κ3) is 3.63. The minimum absolute atomic E-state index is 0.00630. The number of rotatable bonds is 5. The first-order valence-corrected chi connectivity index (χ1v) is 7.31. The van der Waals surface area contributed by atoms with Gasteiger partial charge in [-0.2, -0.15) is 0 Å². The van der Waals surface area contributed by atoms with Crippen LogP contribution in [0.2, 0.25) is 0 Å². The van der Waals surface area contributed by atoms with Gasteiger partial charge in [0.1, 0.15) is 11.1 Å². The summed E-state index contributed by atoms with van der Waals surface area (Å²) in [7, 11) is 0. The van der Waals surface area contributed by atoms with Crippen molar-refractivity contribution in [2.75, 3.05) is 19.7 Å². The molecule has 1 aromatic carbocycles. The van der Waals surface area contributed by atoms with Crippen molar-refractivity contribution in [1.29, 1.82) is 0 Å². The number of hydrogen-bond donors (Lipinski definition) is 0. The monoisotopic (exact) mass is 281 g/mol. The largest absolute Gasteiger partial charge is 0.494 e. The number of ether oxygens (including phenoxy) is 1. The summed E-state index contributed by atoms with van der Waals surface area (Å²) in [5.74, 6) is 0.783. The van der Waals surface area contributed by atoms with Crippen molar-refractivity contribution in [3.8, 4) is 5.75 Å². The Labute approximate surface area is 119 Å². The van der Waals surface area contributed by atoms with Crippen molar-refractivity contribution >= 4 is 17.5 Å². The zero-order chi connectivity index (χ0) is 13.7. The molecule has 1 unspecified atom stereocenters. The molecule has 0 N–H and O–H groups in total. The van der Waals surface area contributed by atoms with Crippen LogP contribution < -0.4 is 4.74 Å². The fourth-order valence-corrected chi connectivity index (χ4v) is 2.50. The van der Waals surface area contributed by atoms with E-state index in [1.807, 2.05) is 29.2 Å². The van der Waals surface area contributed by atoms with E-state index in [1.54, 1.807) is 0 Å². The molecule has 3 nitrogen and oxygen atoms in total. The standard InChI is InChI=1S/C15H20ClNO2/c1-2-10-19-13-7-5-6-12(11-13)14(16)15(18)17-8-3-4-9-17/h5-7,11,14H,2-4,8-10H2,1H3. The second-order valence-electron chi connectivity index (χ2n) is 4.82. The fourth-order valence-electron chi connectivity index (χ4n) is 2.22. The zero-order valence-electron chi connectivity index (χ0n) is 11.3. The maximum atomic E-state index is 12.2. The van der Waals surface area contributed by atoms with Gasteiger partial charge in [0.2, 0.25) is 5.91 Å². The Kier molecular flexibility index (Phi) is 5.08. The smallest absolute Gasteiger partial charge is 0.245 e. The number of carbonyl (C=O) groups excluding carboxylic acids is 1. The number of likely N-dealkylation sites (tertiary alicyclic amines) is 1. The first-order valence-electron chi connectivity index (χ1n) is 6.88. The average molecular weight is 282 g/mol. The van der Waals surface area contributed by atoms with Crippen LogP contribution in [0.4, 0.5) is 0 Å². The number of nitrogens with zero attached hydrogens (tertiary/aromatic N) is 1. The third-order valence-electron chi connectivity index (χ3n) is 3.26. The van der Waals surface area contributed by atoms with Gasteiger partial charge in [0.15, 0.2) is 0 Å². The van der Waals surface area contributed by atoms with Crippen LogP contribution in [0.1, 0.15) is 37.1 Å². The van der Waals surface area contributed by atoms with Crippen molar-refractivity contribution < 1.29 is 9.53 Å². The van der Waals surface area contributed by atoms with Gasteiger partial charge in [0.25, 0.3) is 0 Å². The zero-order valence-corrected chi connectivity index (χ0v) is 12.0. The molecule has 1 aliphatic heterocycles. The van der Waals surface area contributed by atoms with Gasteiger partial charge >= 0.3 is 0 Å². The van der Waals surface area contributed by atoms with Crippen molar-refractivity contribution in [3.05, 3.63) is 29.8 Å². The van der Waals surface area contributed by atoms with Crippen LogP contribution in [0.5, 0.6) is 5.75 Å². The predicted molar refractivity (Wildman–Crippen MR) is 76.6 cm³/mol. The van der Waals surface area contributed by atoms with Gasteiger partial charge in [-0.25, -0.2) is 0 Å². The van der Waals surface area contributed by atoms with Gasteiger partial charge in [0.05, 0.1) is 6.61 Å². The van der Waals surface area contributed by atoms with Gasteiger partial charge in [-0.1, -0.05) is 19.1 Å². The number of benzene rings is 1. The van der Waals surface area contributed by atoms with E-state index in [-0.39, 0.29) is 5.91 Å². The number of carbonyl (C=O) groups is 1. The molecule has 0 radical (unpaired) electrons. The molecule has 1 amide bonds. The minimum atomic E-state index is -0.608. The van der Waals surface area contributed by atoms with Gasteiger partial charge in [-0.3, -0.25) is 4.79 Å². The lowest BCUT2D eigenvalue weighted by Gasteiger charge is -2.19. The van der Waals surface area contributed by atoms with Crippen molar-refractivity contribution in [1.82, 2.24) is 4.90 Å². The molecule has 1 fully saturated rings. The van der Waals surface area contributed by atoms with E-state index in [9.17, 15) is 4.79 Å². The second kappa shape index (κ2) is 6.80. The summed E-state index contributed by atoms with van der Waals surface area (Å²) in [4.78, 5) is 14.1. The van der Waals surface area contributed by atoms with Crippen LogP contribution in [0.3, 0.4) is 0 Å². The van der Waals surface area contributed by atoms with E-state index in [0.29, 0.717) is 6.61 Å². The second-order valence-corrected chi connectivity index (χ2v) is 5.25. The van der Waals surface area contributed by atoms with E-state index >= 15 is 0 Å². The highest BCUT2D eigenvalue weighted by Crippen LogP contribution is 2.27. The van der Waals surface area contributed by atoms with Crippen molar-refractivity contribution in [2.45, 2.75) is 31.6 Å². The van der Waals surface area contributed by atoms with Crippen LogP contribution in [-0.4, -0.2) is 30.5 Å². The highest BCUT2D eigenvalue weighted by atomic mass is 35.5. The number of amides is 1. The lowest BCUT2D eigenvalue weighted by Crippen LogP contribution is -2.30. The van der Waals surface area contributed by atoms with Crippen molar-refractivity contribution in [2.24, 2.45) is 0 Å². The fraction of sp³-hybridized carbons (Fsp3) is 0.533. The first-order chi connectivity index (χ1) is 9.22. The summed E-state index contributed by atoms with van der Waals surface area (Å²) in [5.41, 5.74) is 0.812. The molecule has 0 saturated carbocycles. The highest BCUT2D eigenvalue weighted by molar-refractivity contribution is 6.30. The minimum Gasteiger partial charge on any atom is -0.494 e. The highest BCUT2D eigenvalue weighted by Gasteiger charge is 2.26. The van der Waals surface area contributed by atoms with Gasteiger partial charge in [-0.05, 0) is 37.0 Å². The van der Waals surface area contributed by atoms with E-state index < -0.39 is 5.38 Å². The Morgan fingerprint density at radius 1 is 1.42 bits per heavy atom. The van der Waals surface area contributed by atoms with Crippen LogP contribution in [-0.2, 0) is 4.79 Å². The van der Waals surface area contributed by atoms with Crippen LogP contribution in [0, 0.1) is 0 Å². The molecule has 0 bridgehead atoms. The molecule has 2 rings (SSSR count). The maximum absolute atomic E-state index is 12.2. The molecule has 0 aromatic heterocycles. The molecule has 1 aromatic rings. The van der Waals surface area contributed by atoms with Crippen LogP contribution in [0.25, 0.3) is 0 Å². The normalized spacial score (nSPS) is 16.4. The summed E-state index contributed by atoms with van der Waals surface area (Å²) in [5, 5.41) is -0.608. The van der Waals surface area contributed by atoms with Crippen LogP contribution in [0.15, 0.2) is 24.3 Å². The maximum Gasteiger partial charge on any atom is 0.245 e. The summed E-state index contributed by atoms with van der Waals surface area (Å²) >= 11 is 6.30.